The maximum absolute atomic E-state index is 13.7. The van der Waals surface area contributed by atoms with Crippen LogP contribution < -0.4 is 16.4 Å². The molecule has 166 valence electrons. The second kappa shape index (κ2) is 9.85. The predicted octanol–water partition coefficient (Wildman–Crippen LogP) is 3.73. The van der Waals surface area contributed by atoms with Gasteiger partial charge in [-0.3, -0.25) is 29.8 Å². The van der Waals surface area contributed by atoms with Crippen LogP contribution in [0.3, 0.4) is 0 Å². The van der Waals surface area contributed by atoms with E-state index in [2.05, 4.69) is 15.8 Å². The number of carbonyl (C=O) groups is 2. The average Bonchev–Trinajstić information content (AvgIpc) is 2.83. The summed E-state index contributed by atoms with van der Waals surface area (Å²) in [5.74, 6) is -1.73. The fraction of sp³-hybridized carbons (Fsp3) is 0.0435. The molecule has 0 aliphatic rings. The first-order valence-electron chi connectivity index (χ1n) is 9.68. The van der Waals surface area contributed by atoms with Gasteiger partial charge in [0.1, 0.15) is 5.82 Å². The van der Waals surface area contributed by atoms with Crippen LogP contribution in [-0.2, 0) is 4.79 Å². The molecule has 2 amide bonds. The lowest BCUT2D eigenvalue weighted by Gasteiger charge is -2.14. The molecule has 4 aromatic rings. The van der Waals surface area contributed by atoms with Crippen LogP contribution in [0.1, 0.15) is 10.4 Å². The lowest BCUT2D eigenvalue weighted by molar-refractivity contribution is -0.119. The third kappa shape index (κ3) is 5.05. The summed E-state index contributed by atoms with van der Waals surface area (Å²) in [6, 6.07) is 19.1. The van der Waals surface area contributed by atoms with Crippen LogP contribution >= 0.6 is 23.4 Å². The molecular weight excluding hydrogens is 467 g/mol. The van der Waals surface area contributed by atoms with Crippen molar-refractivity contribution in [3.63, 3.8) is 0 Å². The van der Waals surface area contributed by atoms with E-state index in [9.17, 15) is 18.8 Å². The molecule has 3 aromatic carbocycles. The van der Waals surface area contributed by atoms with Crippen molar-refractivity contribution in [2.45, 2.75) is 5.16 Å². The van der Waals surface area contributed by atoms with Gasteiger partial charge in [-0.05, 0) is 42.5 Å². The molecule has 0 radical (unpaired) electrons. The second-order valence-electron chi connectivity index (χ2n) is 6.81. The maximum Gasteiger partial charge on any atom is 0.269 e. The molecule has 0 fully saturated rings. The molecular formula is C23H16ClFN4O3S. The third-order valence-corrected chi connectivity index (χ3v) is 5.82. The van der Waals surface area contributed by atoms with E-state index in [0.717, 1.165) is 17.8 Å². The summed E-state index contributed by atoms with van der Waals surface area (Å²) in [6.45, 7) is 0. The number of aromatic nitrogens is 2. The number of hydrazine groups is 1. The van der Waals surface area contributed by atoms with Crippen LogP contribution in [0.5, 0.6) is 0 Å². The van der Waals surface area contributed by atoms with Gasteiger partial charge in [-0.1, -0.05) is 53.7 Å². The topological polar surface area (TPSA) is 93.1 Å². The summed E-state index contributed by atoms with van der Waals surface area (Å²) >= 11 is 6.90. The number of carbonyl (C=O) groups excluding carboxylic acids is 2. The molecule has 10 heteroatoms. The molecule has 1 heterocycles. The van der Waals surface area contributed by atoms with Crippen LogP contribution in [0.4, 0.5) is 4.39 Å². The zero-order chi connectivity index (χ0) is 23.4. The maximum atomic E-state index is 13.7. The van der Waals surface area contributed by atoms with Gasteiger partial charge >= 0.3 is 0 Å². The lowest BCUT2D eigenvalue weighted by Crippen LogP contribution is -2.42. The van der Waals surface area contributed by atoms with Crippen molar-refractivity contribution in [3.05, 3.63) is 99.6 Å². The van der Waals surface area contributed by atoms with Gasteiger partial charge in [0.25, 0.3) is 11.5 Å². The fourth-order valence-electron chi connectivity index (χ4n) is 3.02. The molecule has 0 spiro atoms. The van der Waals surface area contributed by atoms with E-state index in [4.69, 9.17) is 11.6 Å². The summed E-state index contributed by atoms with van der Waals surface area (Å²) in [5, 5.41) is 0.428. The Hall–Kier alpha value is -3.69. The van der Waals surface area contributed by atoms with Crippen molar-refractivity contribution < 1.29 is 14.0 Å². The summed E-state index contributed by atoms with van der Waals surface area (Å²) in [4.78, 5) is 42.1. The Bertz CT molecular complexity index is 1410. The quantitative estimate of drug-likeness (QED) is 0.257. The van der Waals surface area contributed by atoms with E-state index in [-0.39, 0.29) is 21.5 Å². The minimum Gasteiger partial charge on any atom is -0.272 e. The van der Waals surface area contributed by atoms with Crippen LogP contribution in [0, 0.1) is 5.82 Å². The van der Waals surface area contributed by atoms with E-state index in [0.29, 0.717) is 22.2 Å². The Morgan fingerprint density at radius 2 is 1.73 bits per heavy atom. The highest BCUT2D eigenvalue weighted by atomic mass is 35.5. The molecule has 4 rings (SSSR count). The Kier molecular flexibility index (Phi) is 6.71. The number of hydrogen-bond acceptors (Lipinski definition) is 5. The minimum absolute atomic E-state index is 0.144. The molecule has 0 aliphatic carbocycles. The molecule has 0 atom stereocenters. The van der Waals surface area contributed by atoms with Crippen LogP contribution in [0.15, 0.2) is 82.7 Å². The van der Waals surface area contributed by atoms with E-state index >= 15 is 0 Å². The van der Waals surface area contributed by atoms with E-state index < -0.39 is 17.6 Å². The van der Waals surface area contributed by atoms with Crippen molar-refractivity contribution in [2.75, 3.05) is 5.75 Å². The number of para-hydroxylation sites is 1. The van der Waals surface area contributed by atoms with E-state index in [1.807, 2.05) is 0 Å². The van der Waals surface area contributed by atoms with Gasteiger partial charge in [0.15, 0.2) is 5.16 Å². The number of hydrogen-bond donors (Lipinski definition) is 2. The smallest absolute Gasteiger partial charge is 0.269 e. The van der Waals surface area contributed by atoms with E-state index in [1.165, 1.54) is 16.7 Å². The number of amides is 2. The highest BCUT2D eigenvalue weighted by Gasteiger charge is 2.16. The normalized spacial score (nSPS) is 10.7. The van der Waals surface area contributed by atoms with Gasteiger partial charge in [-0.15, -0.1) is 0 Å². The largest absolute Gasteiger partial charge is 0.272 e. The van der Waals surface area contributed by atoms with Crippen molar-refractivity contribution in [1.82, 2.24) is 20.4 Å². The Balaban J connectivity index is 1.57. The Morgan fingerprint density at radius 3 is 2.48 bits per heavy atom. The first kappa shape index (κ1) is 22.5. The second-order valence-corrected chi connectivity index (χ2v) is 8.16. The van der Waals surface area contributed by atoms with Crippen LogP contribution in [0.25, 0.3) is 16.6 Å². The predicted molar refractivity (Wildman–Crippen MR) is 125 cm³/mol. The Labute approximate surface area is 196 Å². The summed E-state index contributed by atoms with van der Waals surface area (Å²) in [5.41, 5.74) is 5.44. The summed E-state index contributed by atoms with van der Waals surface area (Å²) in [6.07, 6.45) is 0. The monoisotopic (exact) mass is 482 g/mol. The van der Waals surface area contributed by atoms with Crippen LogP contribution in [-0.4, -0.2) is 27.1 Å². The van der Waals surface area contributed by atoms with Crippen molar-refractivity contribution in [3.8, 4) is 5.69 Å². The summed E-state index contributed by atoms with van der Waals surface area (Å²) in [7, 11) is 0. The van der Waals surface area contributed by atoms with Gasteiger partial charge < -0.3 is 0 Å². The lowest BCUT2D eigenvalue weighted by atomic mass is 10.2. The molecule has 0 saturated carbocycles. The number of fused-ring (bicyclic) bond motifs is 1. The van der Waals surface area contributed by atoms with Gasteiger partial charge in [-0.25, -0.2) is 9.37 Å². The van der Waals surface area contributed by atoms with Gasteiger partial charge in [0.05, 0.1) is 27.4 Å². The third-order valence-electron chi connectivity index (χ3n) is 4.59. The number of rotatable bonds is 5. The zero-order valence-electron chi connectivity index (χ0n) is 16.9. The Morgan fingerprint density at radius 1 is 1.00 bits per heavy atom. The van der Waals surface area contributed by atoms with Crippen molar-refractivity contribution >= 4 is 46.1 Å². The standard InChI is InChI=1S/C23H16ClFN4O3S/c24-17-12-15(10-11-18(17)25)29-22(32)16-8-4-5-9-19(16)26-23(29)33-13-20(30)27-28-21(31)14-6-2-1-3-7-14/h1-12H,13H2,(H,27,30)(H,28,31). The summed E-state index contributed by atoms with van der Waals surface area (Å²) < 4.78 is 14.9. The minimum atomic E-state index is -0.620. The highest BCUT2D eigenvalue weighted by Crippen LogP contribution is 2.24. The number of nitrogens with one attached hydrogen (secondary N) is 2. The number of halogens is 2. The molecule has 0 aliphatic heterocycles. The molecule has 7 nitrogen and oxygen atoms in total. The SMILES string of the molecule is O=C(CSc1nc2ccccc2c(=O)n1-c1ccc(F)c(Cl)c1)NNC(=O)c1ccccc1. The molecule has 2 N–H and O–H groups in total. The van der Waals surface area contributed by atoms with E-state index in [1.54, 1.807) is 54.6 Å². The molecule has 1 aromatic heterocycles. The molecule has 0 unspecified atom stereocenters. The number of benzene rings is 3. The van der Waals surface area contributed by atoms with Crippen LogP contribution in [0.2, 0.25) is 5.02 Å². The highest BCUT2D eigenvalue weighted by molar-refractivity contribution is 7.99. The van der Waals surface area contributed by atoms with Crippen molar-refractivity contribution in [1.29, 1.82) is 0 Å². The average molecular weight is 483 g/mol. The molecule has 33 heavy (non-hydrogen) atoms. The molecule has 0 saturated heterocycles. The first-order valence-corrected chi connectivity index (χ1v) is 11.0. The van der Waals surface area contributed by atoms with Gasteiger partial charge in [-0.2, -0.15) is 0 Å². The van der Waals surface area contributed by atoms with Crippen molar-refractivity contribution in [2.24, 2.45) is 0 Å². The van der Waals surface area contributed by atoms with Gasteiger partial charge in [0, 0.05) is 5.56 Å². The molecule has 0 bridgehead atoms. The first-order chi connectivity index (χ1) is 15.9. The number of thioether (sulfide) groups is 1. The number of nitrogens with zero attached hydrogens (tertiary/aromatic N) is 2. The van der Waals surface area contributed by atoms with Gasteiger partial charge in [0.2, 0.25) is 5.91 Å². The zero-order valence-corrected chi connectivity index (χ0v) is 18.5. The fourth-order valence-corrected chi connectivity index (χ4v) is 4.00.